The zero-order valence-corrected chi connectivity index (χ0v) is 10.2. The molecule has 2 unspecified atom stereocenters. The molecule has 90 valence electrons. The maximum Gasteiger partial charge on any atom is 0.200 e. The summed E-state index contributed by atoms with van der Waals surface area (Å²) >= 11 is 3.03. The molecule has 0 aliphatic heterocycles. The van der Waals surface area contributed by atoms with E-state index in [1.165, 1.54) is 19.2 Å². The topological polar surface area (TPSA) is 90.2 Å². The van der Waals surface area contributed by atoms with Crippen LogP contribution >= 0.6 is 15.9 Å². The molecule has 1 aromatic rings. The predicted molar refractivity (Wildman–Crippen MR) is 61.1 cm³/mol. The molecule has 16 heavy (non-hydrogen) atoms. The lowest BCUT2D eigenvalue weighted by Crippen LogP contribution is -2.19. The van der Waals surface area contributed by atoms with Gasteiger partial charge in [-0.1, -0.05) is 15.9 Å². The van der Waals surface area contributed by atoms with Crippen molar-refractivity contribution >= 4 is 15.9 Å². The summed E-state index contributed by atoms with van der Waals surface area (Å²) < 4.78 is 4.82. The van der Waals surface area contributed by atoms with E-state index in [1.54, 1.807) is 0 Å². The van der Waals surface area contributed by atoms with Crippen molar-refractivity contribution in [3.05, 3.63) is 17.7 Å². The number of phenolic OH excluding ortho intramolecular Hbond substituents is 2. The molecule has 0 amide bonds. The van der Waals surface area contributed by atoms with Crippen LogP contribution in [0.1, 0.15) is 11.7 Å². The Bertz CT molecular complexity index is 368. The molecule has 1 rings (SSSR count). The monoisotopic (exact) mass is 292 g/mol. The van der Waals surface area contributed by atoms with Crippen LogP contribution in [0.25, 0.3) is 0 Å². The van der Waals surface area contributed by atoms with Crippen LogP contribution in [0.5, 0.6) is 17.2 Å². The summed E-state index contributed by atoms with van der Waals surface area (Å²) in [5, 5.41) is 38.1. The van der Waals surface area contributed by atoms with Crippen LogP contribution in [-0.2, 0) is 0 Å². The van der Waals surface area contributed by atoms with Crippen LogP contribution in [0, 0.1) is 0 Å². The van der Waals surface area contributed by atoms with Gasteiger partial charge in [-0.05, 0) is 17.7 Å². The van der Waals surface area contributed by atoms with Gasteiger partial charge in [-0.25, -0.2) is 0 Å². The zero-order chi connectivity index (χ0) is 12.3. The third-order valence-corrected chi connectivity index (χ3v) is 2.82. The van der Waals surface area contributed by atoms with Crippen molar-refractivity contribution in [3.8, 4) is 17.2 Å². The summed E-state index contributed by atoms with van der Waals surface area (Å²) in [6, 6.07) is 2.53. The molecule has 0 aliphatic carbocycles. The SMILES string of the molecule is COc1cc(C(O)C(O)CBr)cc(O)c1O. The molecule has 0 saturated carbocycles. The Labute approximate surface area is 101 Å². The van der Waals surface area contributed by atoms with E-state index in [9.17, 15) is 20.4 Å². The first kappa shape index (κ1) is 13.1. The quantitative estimate of drug-likeness (QED) is 0.489. The van der Waals surface area contributed by atoms with E-state index in [1.807, 2.05) is 0 Å². The van der Waals surface area contributed by atoms with Gasteiger partial charge < -0.3 is 25.2 Å². The van der Waals surface area contributed by atoms with Crippen LogP contribution in [0.2, 0.25) is 0 Å². The second-order valence-electron chi connectivity index (χ2n) is 3.26. The normalized spacial score (nSPS) is 14.5. The molecule has 0 radical (unpaired) electrons. The third kappa shape index (κ3) is 2.58. The van der Waals surface area contributed by atoms with Crippen molar-refractivity contribution in [2.24, 2.45) is 0 Å². The fourth-order valence-electron chi connectivity index (χ4n) is 1.25. The lowest BCUT2D eigenvalue weighted by Gasteiger charge is -2.17. The standard InChI is InChI=1S/C10H13BrO5/c1-16-8-3-5(2-6(12)10(8)15)9(14)7(13)4-11/h2-3,7,9,12-15H,4H2,1H3. The molecule has 6 heteroatoms. The first-order valence-electron chi connectivity index (χ1n) is 4.53. The van der Waals surface area contributed by atoms with Crippen LogP contribution in [0.3, 0.4) is 0 Å². The van der Waals surface area contributed by atoms with E-state index in [0.717, 1.165) is 0 Å². The van der Waals surface area contributed by atoms with Gasteiger partial charge in [-0.3, -0.25) is 0 Å². The first-order valence-corrected chi connectivity index (χ1v) is 5.65. The maximum atomic E-state index is 9.70. The molecule has 0 bridgehead atoms. The summed E-state index contributed by atoms with van der Waals surface area (Å²) in [6.07, 6.45) is -2.17. The van der Waals surface area contributed by atoms with Crippen molar-refractivity contribution in [1.29, 1.82) is 0 Å². The number of aliphatic hydroxyl groups is 2. The molecule has 4 N–H and O–H groups in total. The molecule has 0 heterocycles. The van der Waals surface area contributed by atoms with Gasteiger partial charge in [0.05, 0.1) is 13.2 Å². The van der Waals surface area contributed by atoms with Crippen molar-refractivity contribution in [3.63, 3.8) is 0 Å². The Morgan fingerprint density at radius 3 is 2.44 bits per heavy atom. The molecular weight excluding hydrogens is 280 g/mol. The molecule has 0 fully saturated rings. The van der Waals surface area contributed by atoms with Gasteiger partial charge in [-0.15, -0.1) is 0 Å². The van der Waals surface area contributed by atoms with Gasteiger partial charge in [0.25, 0.3) is 0 Å². The fourth-order valence-corrected chi connectivity index (χ4v) is 1.60. The Kier molecular flexibility index (Phi) is 4.40. The minimum atomic E-state index is -1.17. The number of ether oxygens (including phenoxy) is 1. The molecule has 0 aliphatic rings. The Hall–Kier alpha value is -0.980. The highest BCUT2D eigenvalue weighted by molar-refractivity contribution is 9.09. The maximum absolute atomic E-state index is 9.70. The number of methoxy groups -OCH3 is 1. The van der Waals surface area contributed by atoms with Gasteiger partial charge in [0.2, 0.25) is 5.75 Å². The minimum absolute atomic E-state index is 0.0378. The summed E-state index contributed by atoms with van der Waals surface area (Å²) in [7, 11) is 1.32. The van der Waals surface area contributed by atoms with Gasteiger partial charge in [0.1, 0.15) is 6.10 Å². The van der Waals surface area contributed by atoms with Crippen molar-refractivity contribution in [1.82, 2.24) is 0 Å². The number of hydrogen-bond acceptors (Lipinski definition) is 5. The molecular formula is C10H13BrO5. The number of alkyl halides is 1. The lowest BCUT2D eigenvalue weighted by molar-refractivity contribution is 0.0340. The molecule has 5 nitrogen and oxygen atoms in total. The highest BCUT2D eigenvalue weighted by Gasteiger charge is 2.20. The number of aromatic hydroxyl groups is 2. The lowest BCUT2D eigenvalue weighted by atomic mass is 10.0. The largest absolute Gasteiger partial charge is 0.504 e. The van der Waals surface area contributed by atoms with Crippen LogP contribution in [0.15, 0.2) is 12.1 Å². The molecule has 2 atom stereocenters. The first-order chi connectivity index (χ1) is 7.51. The Morgan fingerprint density at radius 2 is 1.94 bits per heavy atom. The van der Waals surface area contributed by atoms with Crippen molar-refractivity contribution < 1.29 is 25.2 Å². The van der Waals surface area contributed by atoms with E-state index < -0.39 is 23.7 Å². The minimum Gasteiger partial charge on any atom is -0.504 e. The van der Waals surface area contributed by atoms with Gasteiger partial charge >= 0.3 is 0 Å². The number of halogens is 1. The molecule has 0 aromatic heterocycles. The molecule has 1 aromatic carbocycles. The van der Waals surface area contributed by atoms with Gasteiger partial charge in [-0.2, -0.15) is 0 Å². The Balaban J connectivity index is 3.10. The average molecular weight is 293 g/mol. The zero-order valence-electron chi connectivity index (χ0n) is 8.59. The fraction of sp³-hybridized carbons (Fsp3) is 0.400. The smallest absolute Gasteiger partial charge is 0.200 e. The number of phenols is 2. The Morgan fingerprint density at radius 1 is 1.31 bits per heavy atom. The van der Waals surface area contributed by atoms with E-state index in [0.29, 0.717) is 0 Å². The molecule has 0 spiro atoms. The summed E-state index contributed by atoms with van der Waals surface area (Å²) in [6.45, 7) is 0. The van der Waals surface area contributed by atoms with E-state index >= 15 is 0 Å². The van der Waals surface area contributed by atoms with E-state index in [-0.39, 0.29) is 16.6 Å². The average Bonchev–Trinajstić information content (AvgIpc) is 2.30. The van der Waals surface area contributed by atoms with Crippen molar-refractivity contribution in [2.75, 3.05) is 12.4 Å². The highest BCUT2D eigenvalue weighted by Crippen LogP contribution is 2.38. The second kappa shape index (κ2) is 5.38. The number of benzene rings is 1. The summed E-state index contributed by atoms with van der Waals surface area (Å²) in [5.74, 6) is -0.766. The highest BCUT2D eigenvalue weighted by atomic mass is 79.9. The van der Waals surface area contributed by atoms with Gasteiger partial charge in [0.15, 0.2) is 11.5 Å². The summed E-state index contributed by atoms with van der Waals surface area (Å²) in [4.78, 5) is 0. The molecule has 0 saturated heterocycles. The van der Waals surface area contributed by atoms with Crippen LogP contribution in [-0.4, -0.2) is 39.0 Å². The van der Waals surface area contributed by atoms with E-state index in [4.69, 9.17) is 4.74 Å². The second-order valence-corrected chi connectivity index (χ2v) is 3.90. The number of hydrogen-bond donors (Lipinski definition) is 4. The van der Waals surface area contributed by atoms with Crippen LogP contribution in [0.4, 0.5) is 0 Å². The number of rotatable bonds is 4. The summed E-state index contributed by atoms with van der Waals surface area (Å²) in [5.41, 5.74) is 0.263. The van der Waals surface area contributed by atoms with Crippen molar-refractivity contribution in [2.45, 2.75) is 12.2 Å². The third-order valence-electron chi connectivity index (χ3n) is 2.16. The predicted octanol–water partition coefficient (Wildman–Crippen LogP) is 0.896. The van der Waals surface area contributed by atoms with Gasteiger partial charge in [0, 0.05) is 5.33 Å². The van der Waals surface area contributed by atoms with E-state index in [2.05, 4.69) is 15.9 Å². The number of aliphatic hydroxyl groups excluding tert-OH is 2. The van der Waals surface area contributed by atoms with Crippen LogP contribution < -0.4 is 4.74 Å².